The molecule has 2 aromatic rings. The zero-order valence-corrected chi connectivity index (χ0v) is 8.46. The van der Waals surface area contributed by atoms with E-state index in [1.54, 1.807) is 18.2 Å². The van der Waals surface area contributed by atoms with Crippen molar-refractivity contribution in [3.63, 3.8) is 0 Å². The predicted molar refractivity (Wildman–Crippen MR) is 60.6 cm³/mol. The van der Waals surface area contributed by atoms with E-state index in [1.165, 1.54) is 11.0 Å². The van der Waals surface area contributed by atoms with Gasteiger partial charge in [-0.2, -0.15) is 5.26 Å². The summed E-state index contributed by atoms with van der Waals surface area (Å²) in [6.45, 7) is 3.65. The summed E-state index contributed by atoms with van der Waals surface area (Å²) >= 11 is 0. The Morgan fingerprint density at radius 1 is 1.50 bits per heavy atom. The van der Waals surface area contributed by atoms with Crippen molar-refractivity contribution in [2.24, 2.45) is 0 Å². The second-order valence-electron chi connectivity index (χ2n) is 3.14. The molecule has 0 atom stereocenters. The van der Waals surface area contributed by atoms with Gasteiger partial charge < -0.3 is 5.73 Å². The largest absolute Gasteiger partial charge is 0.366 e. The first kappa shape index (κ1) is 9.93. The van der Waals surface area contributed by atoms with Gasteiger partial charge in [0.1, 0.15) is 12.4 Å². The highest BCUT2D eigenvalue weighted by molar-refractivity contribution is 5.57. The Hall–Kier alpha value is -2.61. The van der Waals surface area contributed by atoms with E-state index in [0.29, 0.717) is 11.3 Å². The number of nitrogens with zero attached hydrogens (tertiary/aromatic N) is 4. The number of hydrogen-bond acceptors (Lipinski definition) is 4. The molecule has 2 rings (SSSR count). The number of benzene rings is 1. The van der Waals surface area contributed by atoms with Crippen molar-refractivity contribution >= 4 is 12.0 Å². The maximum Gasteiger partial charge on any atom is 0.239 e. The highest BCUT2D eigenvalue weighted by atomic mass is 15.4. The predicted octanol–water partition coefficient (Wildman–Crippen LogP) is 1.36. The smallest absolute Gasteiger partial charge is 0.239 e. The molecule has 0 saturated carbocycles. The molecule has 5 nitrogen and oxygen atoms in total. The van der Waals surface area contributed by atoms with Gasteiger partial charge in [0.2, 0.25) is 5.95 Å². The maximum atomic E-state index is 9.03. The highest BCUT2D eigenvalue weighted by Gasteiger charge is 2.06. The second-order valence-corrected chi connectivity index (χ2v) is 3.14. The third-order valence-corrected chi connectivity index (χ3v) is 2.13. The standard InChI is InChI=1S/C11H9N5/c1-2-8-3-4-10(9(5-8)6-12)16-7-14-11(13)15-16/h2-5,7H,1H2,(H2,13,15). The van der Waals surface area contributed by atoms with Crippen LogP contribution in [0.5, 0.6) is 0 Å². The van der Waals surface area contributed by atoms with Crippen molar-refractivity contribution in [2.75, 3.05) is 5.73 Å². The van der Waals surface area contributed by atoms with E-state index < -0.39 is 0 Å². The lowest BCUT2D eigenvalue weighted by atomic mass is 10.1. The lowest BCUT2D eigenvalue weighted by Crippen LogP contribution is -1.99. The van der Waals surface area contributed by atoms with Crippen LogP contribution in [-0.4, -0.2) is 14.8 Å². The molecule has 78 valence electrons. The van der Waals surface area contributed by atoms with Gasteiger partial charge in [0.05, 0.1) is 11.3 Å². The van der Waals surface area contributed by atoms with Crippen LogP contribution in [-0.2, 0) is 0 Å². The first-order valence-electron chi connectivity index (χ1n) is 4.58. The van der Waals surface area contributed by atoms with Gasteiger partial charge in [-0.3, -0.25) is 0 Å². The van der Waals surface area contributed by atoms with Crippen molar-refractivity contribution < 1.29 is 0 Å². The summed E-state index contributed by atoms with van der Waals surface area (Å²) < 4.78 is 1.47. The highest BCUT2D eigenvalue weighted by Crippen LogP contribution is 2.16. The first-order chi connectivity index (χ1) is 7.74. The zero-order valence-electron chi connectivity index (χ0n) is 8.46. The lowest BCUT2D eigenvalue weighted by molar-refractivity contribution is 0.880. The Bertz CT molecular complexity index is 576. The molecule has 1 heterocycles. The minimum atomic E-state index is 0.177. The monoisotopic (exact) mass is 211 g/mol. The van der Waals surface area contributed by atoms with Crippen LogP contribution in [0.2, 0.25) is 0 Å². The van der Waals surface area contributed by atoms with Gasteiger partial charge in [0.15, 0.2) is 0 Å². The summed E-state index contributed by atoms with van der Waals surface area (Å²) in [5.41, 5.74) is 7.46. The SMILES string of the molecule is C=Cc1ccc(-n2cnc(N)n2)c(C#N)c1. The lowest BCUT2D eigenvalue weighted by Gasteiger charge is -2.03. The molecule has 1 aromatic heterocycles. The van der Waals surface area contributed by atoms with Crippen LogP contribution < -0.4 is 5.73 Å². The molecule has 0 amide bonds. The number of hydrogen-bond donors (Lipinski definition) is 1. The third kappa shape index (κ3) is 1.64. The normalized spacial score (nSPS) is 9.69. The van der Waals surface area contributed by atoms with Crippen molar-refractivity contribution in [3.05, 3.63) is 42.2 Å². The molecule has 0 unspecified atom stereocenters. The van der Waals surface area contributed by atoms with E-state index >= 15 is 0 Å². The Morgan fingerprint density at radius 3 is 2.88 bits per heavy atom. The van der Waals surface area contributed by atoms with Gasteiger partial charge in [-0.15, -0.1) is 5.10 Å². The molecule has 0 aliphatic carbocycles. The molecule has 2 N–H and O–H groups in total. The maximum absolute atomic E-state index is 9.03. The zero-order chi connectivity index (χ0) is 11.5. The van der Waals surface area contributed by atoms with Gasteiger partial charge in [0.25, 0.3) is 0 Å². The molecule has 0 aliphatic heterocycles. The third-order valence-electron chi connectivity index (χ3n) is 2.13. The fourth-order valence-corrected chi connectivity index (χ4v) is 1.36. The molecule has 16 heavy (non-hydrogen) atoms. The molecular weight excluding hydrogens is 202 g/mol. The average Bonchev–Trinajstić information content (AvgIpc) is 2.74. The molecule has 1 aromatic carbocycles. The summed E-state index contributed by atoms with van der Waals surface area (Å²) in [7, 11) is 0. The Kier molecular flexibility index (Phi) is 2.40. The van der Waals surface area contributed by atoms with Gasteiger partial charge in [-0.1, -0.05) is 18.7 Å². The van der Waals surface area contributed by atoms with E-state index in [4.69, 9.17) is 11.0 Å². The molecule has 5 heteroatoms. The van der Waals surface area contributed by atoms with E-state index in [2.05, 4.69) is 22.7 Å². The molecule has 0 radical (unpaired) electrons. The number of nitrogens with two attached hydrogens (primary N) is 1. The molecule has 0 fully saturated rings. The van der Waals surface area contributed by atoms with Crippen LogP contribution in [0.3, 0.4) is 0 Å². The van der Waals surface area contributed by atoms with Crippen molar-refractivity contribution in [2.45, 2.75) is 0 Å². The van der Waals surface area contributed by atoms with Crippen LogP contribution in [0.25, 0.3) is 11.8 Å². The second kappa shape index (κ2) is 3.87. The Balaban J connectivity index is 2.57. The van der Waals surface area contributed by atoms with Crippen molar-refractivity contribution in [1.82, 2.24) is 14.8 Å². The summed E-state index contributed by atoms with van der Waals surface area (Å²) in [5, 5.41) is 13.0. The van der Waals surface area contributed by atoms with Crippen LogP contribution in [0, 0.1) is 11.3 Å². The molecular formula is C11H9N5. The number of anilines is 1. The van der Waals surface area contributed by atoms with Crippen LogP contribution in [0.4, 0.5) is 5.95 Å². The van der Waals surface area contributed by atoms with Gasteiger partial charge in [-0.05, 0) is 17.7 Å². The van der Waals surface area contributed by atoms with Crippen molar-refractivity contribution in [1.29, 1.82) is 5.26 Å². The van der Waals surface area contributed by atoms with Crippen LogP contribution in [0.15, 0.2) is 31.1 Å². The summed E-state index contributed by atoms with van der Waals surface area (Å²) in [6.07, 6.45) is 3.15. The van der Waals surface area contributed by atoms with Crippen molar-refractivity contribution in [3.8, 4) is 11.8 Å². The fraction of sp³-hybridized carbons (Fsp3) is 0. The Morgan fingerprint density at radius 2 is 2.31 bits per heavy atom. The molecule has 0 aliphatic rings. The van der Waals surface area contributed by atoms with Gasteiger partial charge in [-0.25, -0.2) is 9.67 Å². The minimum Gasteiger partial charge on any atom is -0.366 e. The average molecular weight is 211 g/mol. The number of aromatic nitrogens is 3. The van der Waals surface area contributed by atoms with E-state index in [0.717, 1.165) is 5.56 Å². The van der Waals surface area contributed by atoms with E-state index in [1.807, 2.05) is 6.07 Å². The summed E-state index contributed by atoms with van der Waals surface area (Å²) in [4.78, 5) is 3.81. The van der Waals surface area contributed by atoms with Gasteiger partial charge >= 0.3 is 0 Å². The fourth-order valence-electron chi connectivity index (χ4n) is 1.36. The number of nitriles is 1. The minimum absolute atomic E-state index is 0.177. The number of rotatable bonds is 2. The van der Waals surface area contributed by atoms with Gasteiger partial charge in [0, 0.05) is 0 Å². The first-order valence-corrected chi connectivity index (χ1v) is 4.58. The van der Waals surface area contributed by atoms with Crippen LogP contribution >= 0.6 is 0 Å². The molecule has 0 saturated heterocycles. The summed E-state index contributed by atoms with van der Waals surface area (Å²) in [6, 6.07) is 7.47. The topological polar surface area (TPSA) is 80.5 Å². The quantitative estimate of drug-likeness (QED) is 0.813. The molecule has 0 bridgehead atoms. The Labute approximate surface area is 92.5 Å². The molecule has 0 spiro atoms. The van der Waals surface area contributed by atoms with E-state index in [-0.39, 0.29) is 5.95 Å². The number of nitrogen functional groups attached to an aromatic ring is 1. The van der Waals surface area contributed by atoms with Crippen LogP contribution in [0.1, 0.15) is 11.1 Å². The summed E-state index contributed by atoms with van der Waals surface area (Å²) in [5.74, 6) is 0.177. The van der Waals surface area contributed by atoms with E-state index in [9.17, 15) is 0 Å².